The second-order valence-corrected chi connectivity index (χ2v) is 6.02. The molecule has 0 spiro atoms. The number of nitrogens with zero attached hydrogens (tertiary/aromatic N) is 1. The number of rotatable bonds is 10. The van der Waals surface area contributed by atoms with E-state index in [9.17, 15) is 9.59 Å². The summed E-state index contributed by atoms with van der Waals surface area (Å²) in [4.78, 5) is 26.3. The summed E-state index contributed by atoms with van der Waals surface area (Å²) < 4.78 is 5.12. The zero-order valence-electron chi connectivity index (χ0n) is 15.2. The Labute approximate surface area is 155 Å². The average Bonchev–Trinajstić information content (AvgIpc) is 2.69. The van der Waals surface area contributed by atoms with E-state index in [1.807, 2.05) is 48.5 Å². The number of carbonyl (C=O) groups is 2. The highest BCUT2D eigenvalue weighted by molar-refractivity contribution is 5.94. The molecule has 0 aliphatic rings. The Morgan fingerprint density at radius 3 is 2.31 bits per heavy atom. The van der Waals surface area contributed by atoms with E-state index in [0.29, 0.717) is 44.6 Å². The van der Waals surface area contributed by atoms with E-state index < -0.39 is 0 Å². The van der Waals surface area contributed by atoms with Crippen LogP contribution in [0.25, 0.3) is 0 Å². The van der Waals surface area contributed by atoms with Gasteiger partial charge in [0, 0.05) is 38.7 Å². The van der Waals surface area contributed by atoms with E-state index in [-0.39, 0.29) is 11.8 Å². The van der Waals surface area contributed by atoms with Crippen molar-refractivity contribution in [3.8, 4) is 0 Å². The van der Waals surface area contributed by atoms with E-state index in [4.69, 9.17) is 4.74 Å². The Balaban J connectivity index is 1.78. The largest absolute Gasteiger partial charge is 0.383 e. The maximum Gasteiger partial charge on any atom is 0.251 e. The smallest absolute Gasteiger partial charge is 0.251 e. The van der Waals surface area contributed by atoms with Gasteiger partial charge in [0.25, 0.3) is 5.91 Å². The Morgan fingerprint density at radius 2 is 1.65 bits per heavy atom. The molecule has 0 radical (unpaired) electrons. The van der Waals surface area contributed by atoms with Crippen molar-refractivity contribution in [2.24, 2.45) is 0 Å². The summed E-state index contributed by atoms with van der Waals surface area (Å²) in [6, 6.07) is 19.0. The molecular formula is C21H26N2O3. The molecule has 2 rings (SSSR count). The van der Waals surface area contributed by atoms with Crippen molar-refractivity contribution >= 4 is 11.8 Å². The fourth-order valence-electron chi connectivity index (χ4n) is 2.59. The molecule has 26 heavy (non-hydrogen) atoms. The van der Waals surface area contributed by atoms with Crippen LogP contribution < -0.4 is 5.32 Å². The van der Waals surface area contributed by atoms with Crippen molar-refractivity contribution in [1.82, 2.24) is 10.2 Å². The maximum absolute atomic E-state index is 12.5. The fourth-order valence-corrected chi connectivity index (χ4v) is 2.59. The monoisotopic (exact) mass is 354 g/mol. The van der Waals surface area contributed by atoms with E-state index in [1.54, 1.807) is 24.1 Å². The molecular weight excluding hydrogens is 328 g/mol. The molecule has 0 heterocycles. The minimum Gasteiger partial charge on any atom is -0.383 e. The molecule has 1 N–H and O–H groups in total. The van der Waals surface area contributed by atoms with Gasteiger partial charge in [-0.2, -0.15) is 0 Å². The van der Waals surface area contributed by atoms with Crippen LogP contribution in [0.3, 0.4) is 0 Å². The lowest BCUT2D eigenvalue weighted by atomic mass is 10.2. The summed E-state index contributed by atoms with van der Waals surface area (Å²) in [6.07, 6.45) is 1.00. The molecule has 5 heteroatoms. The van der Waals surface area contributed by atoms with Gasteiger partial charge in [0.1, 0.15) is 0 Å². The summed E-state index contributed by atoms with van der Waals surface area (Å²) in [5.41, 5.74) is 1.72. The molecule has 0 unspecified atom stereocenters. The zero-order valence-corrected chi connectivity index (χ0v) is 15.2. The molecule has 2 aromatic carbocycles. The van der Waals surface area contributed by atoms with Crippen molar-refractivity contribution in [3.63, 3.8) is 0 Å². The first kappa shape index (κ1) is 19.7. The van der Waals surface area contributed by atoms with Crippen LogP contribution in [0.5, 0.6) is 0 Å². The number of methoxy groups -OCH3 is 1. The number of amides is 2. The Morgan fingerprint density at radius 1 is 1.00 bits per heavy atom. The molecule has 138 valence electrons. The van der Waals surface area contributed by atoms with Gasteiger partial charge in [-0.15, -0.1) is 0 Å². The van der Waals surface area contributed by atoms with Gasteiger partial charge >= 0.3 is 0 Å². The van der Waals surface area contributed by atoms with Crippen LogP contribution in [0, 0.1) is 0 Å². The van der Waals surface area contributed by atoms with E-state index in [2.05, 4.69) is 5.32 Å². The predicted molar refractivity (Wildman–Crippen MR) is 102 cm³/mol. The zero-order chi connectivity index (χ0) is 18.6. The Bertz CT molecular complexity index is 674. The van der Waals surface area contributed by atoms with Gasteiger partial charge in [0.2, 0.25) is 5.91 Å². The van der Waals surface area contributed by atoms with Crippen molar-refractivity contribution in [3.05, 3.63) is 71.8 Å². The van der Waals surface area contributed by atoms with Crippen LogP contribution in [0.4, 0.5) is 0 Å². The molecule has 0 saturated carbocycles. The SMILES string of the molecule is COCCN(Cc1ccccc1)C(=O)CCCNC(=O)c1ccccc1. The lowest BCUT2D eigenvalue weighted by molar-refractivity contribution is -0.132. The number of ether oxygens (including phenoxy) is 1. The van der Waals surface area contributed by atoms with Crippen LogP contribution in [-0.2, 0) is 16.1 Å². The first-order valence-corrected chi connectivity index (χ1v) is 8.84. The normalized spacial score (nSPS) is 10.3. The van der Waals surface area contributed by atoms with Gasteiger partial charge in [-0.05, 0) is 24.1 Å². The van der Waals surface area contributed by atoms with Gasteiger partial charge in [-0.1, -0.05) is 48.5 Å². The van der Waals surface area contributed by atoms with Crippen LogP contribution in [0.1, 0.15) is 28.8 Å². The molecule has 2 amide bonds. The number of hydrogen-bond acceptors (Lipinski definition) is 3. The van der Waals surface area contributed by atoms with Crippen LogP contribution in [0.15, 0.2) is 60.7 Å². The topological polar surface area (TPSA) is 58.6 Å². The Kier molecular flexibility index (Phi) is 8.36. The lowest BCUT2D eigenvalue weighted by Gasteiger charge is -2.22. The van der Waals surface area contributed by atoms with Gasteiger partial charge < -0.3 is 15.0 Å². The predicted octanol–water partition coefficient (Wildman–Crippen LogP) is 2.87. The lowest BCUT2D eigenvalue weighted by Crippen LogP contribution is -2.34. The first-order valence-electron chi connectivity index (χ1n) is 8.84. The molecule has 5 nitrogen and oxygen atoms in total. The third kappa shape index (κ3) is 6.69. The van der Waals surface area contributed by atoms with Gasteiger partial charge in [-0.3, -0.25) is 9.59 Å². The van der Waals surface area contributed by atoms with Crippen molar-refractivity contribution in [2.45, 2.75) is 19.4 Å². The highest BCUT2D eigenvalue weighted by Crippen LogP contribution is 2.07. The van der Waals surface area contributed by atoms with E-state index in [1.165, 1.54) is 0 Å². The van der Waals surface area contributed by atoms with Crippen LogP contribution >= 0.6 is 0 Å². The third-order valence-electron chi connectivity index (χ3n) is 4.02. The standard InChI is InChI=1S/C21H26N2O3/c1-26-16-15-23(17-18-9-4-2-5-10-18)20(24)13-8-14-22-21(25)19-11-6-3-7-12-19/h2-7,9-12H,8,13-17H2,1H3,(H,22,25). The molecule has 0 saturated heterocycles. The number of benzene rings is 2. The van der Waals surface area contributed by atoms with Crippen molar-refractivity contribution in [2.75, 3.05) is 26.8 Å². The number of carbonyl (C=O) groups excluding carboxylic acids is 2. The number of hydrogen-bond donors (Lipinski definition) is 1. The summed E-state index contributed by atoms with van der Waals surface area (Å²) in [6.45, 7) is 2.10. The average molecular weight is 354 g/mol. The van der Waals surface area contributed by atoms with Crippen molar-refractivity contribution < 1.29 is 14.3 Å². The molecule has 2 aromatic rings. The molecule has 0 bridgehead atoms. The van der Waals surface area contributed by atoms with Crippen LogP contribution in [-0.4, -0.2) is 43.5 Å². The molecule has 0 aliphatic carbocycles. The second-order valence-electron chi connectivity index (χ2n) is 6.02. The summed E-state index contributed by atoms with van der Waals surface area (Å²) >= 11 is 0. The van der Waals surface area contributed by atoms with Gasteiger partial charge in [-0.25, -0.2) is 0 Å². The fraction of sp³-hybridized carbons (Fsp3) is 0.333. The van der Waals surface area contributed by atoms with Crippen molar-refractivity contribution in [1.29, 1.82) is 0 Å². The maximum atomic E-state index is 12.5. The van der Waals surface area contributed by atoms with Gasteiger partial charge in [0.15, 0.2) is 0 Å². The molecule has 0 aromatic heterocycles. The highest BCUT2D eigenvalue weighted by Gasteiger charge is 2.14. The highest BCUT2D eigenvalue weighted by atomic mass is 16.5. The third-order valence-corrected chi connectivity index (χ3v) is 4.02. The number of nitrogens with one attached hydrogen (secondary N) is 1. The van der Waals surface area contributed by atoms with E-state index >= 15 is 0 Å². The molecule has 0 fully saturated rings. The van der Waals surface area contributed by atoms with Crippen LogP contribution in [0.2, 0.25) is 0 Å². The minimum atomic E-state index is -0.112. The van der Waals surface area contributed by atoms with Gasteiger partial charge in [0.05, 0.1) is 6.61 Å². The summed E-state index contributed by atoms with van der Waals surface area (Å²) in [7, 11) is 1.63. The summed E-state index contributed by atoms with van der Waals surface area (Å²) in [5, 5.41) is 2.85. The minimum absolute atomic E-state index is 0.0693. The molecule has 0 atom stereocenters. The summed E-state index contributed by atoms with van der Waals surface area (Å²) in [5.74, 6) is -0.0431. The molecule has 0 aliphatic heterocycles. The quantitative estimate of drug-likeness (QED) is 0.668. The first-order chi connectivity index (χ1) is 12.7. The Hall–Kier alpha value is -2.66. The van der Waals surface area contributed by atoms with E-state index in [0.717, 1.165) is 5.56 Å². The second kappa shape index (κ2) is 11.1.